The molecule has 0 fully saturated rings. The van der Waals surface area contributed by atoms with E-state index in [1.807, 2.05) is 16.7 Å². The van der Waals surface area contributed by atoms with Gasteiger partial charge in [0.05, 0.1) is 16.1 Å². The molecule has 9 nitrogen and oxygen atoms in total. The van der Waals surface area contributed by atoms with Gasteiger partial charge in [-0.15, -0.1) is 0 Å². The van der Waals surface area contributed by atoms with Crippen molar-refractivity contribution in [3.05, 3.63) is 77.2 Å². The van der Waals surface area contributed by atoms with Crippen molar-refractivity contribution in [2.45, 2.75) is 13.0 Å². The van der Waals surface area contributed by atoms with Gasteiger partial charge < -0.3 is 21.1 Å². The number of carbonyl (C=O) groups is 1. The molecule has 1 unspecified atom stereocenters. The van der Waals surface area contributed by atoms with Gasteiger partial charge in [-0.25, -0.2) is 14.8 Å². The van der Waals surface area contributed by atoms with E-state index < -0.39 is 12.1 Å². The number of carbonyl (C=O) groups excluding carboxylic acids is 1. The molecule has 2 amide bonds. The van der Waals surface area contributed by atoms with Gasteiger partial charge in [0.2, 0.25) is 5.95 Å². The van der Waals surface area contributed by atoms with Crippen molar-refractivity contribution >= 4 is 46.6 Å². The molecule has 1 atom stereocenters. The number of aliphatic hydroxyl groups is 1. The number of hydrogen-bond acceptors (Lipinski definition) is 6. The van der Waals surface area contributed by atoms with Gasteiger partial charge in [0.1, 0.15) is 11.6 Å². The molecule has 174 valence electrons. The second-order valence-corrected chi connectivity index (χ2v) is 8.19. The molecule has 0 radical (unpaired) electrons. The SMILES string of the molecule is CC(O)CNc1nccc(-n2ccnc2-c2ccc(NC(=O)Nc3ccc(Cl)c(Cl)c3)cc2)n1. The zero-order valence-corrected chi connectivity index (χ0v) is 19.5. The minimum atomic E-state index is -0.519. The van der Waals surface area contributed by atoms with E-state index in [1.165, 1.54) is 0 Å². The Kier molecular flexibility index (Phi) is 7.27. The average Bonchev–Trinajstić information content (AvgIpc) is 3.31. The van der Waals surface area contributed by atoms with Crippen molar-refractivity contribution in [1.82, 2.24) is 19.5 Å². The van der Waals surface area contributed by atoms with Gasteiger partial charge in [-0.05, 0) is 55.5 Å². The van der Waals surface area contributed by atoms with E-state index in [0.717, 1.165) is 5.56 Å². The van der Waals surface area contributed by atoms with E-state index in [9.17, 15) is 9.90 Å². The summed E-state index contributed by atoms with van der Waals surface area (Å²) >= 11 is 11.9. The summed E-state index contributed by atoms with van der Waals surface area (Å²) in [5.41, 5.74) is 1.96. The Bertz CT molecular complexity index is 1290. The summed E-state index contributed by atoms with van der Waals surface area (Å²) < 4.78 is 1.83. The first-order valence-corrected chi connectivity index (χ1v) is 11.1. The van der Waals surface area contributed by atoms with E-state index >= 15 is 0 Å². The fourth-order valence-corrected chi connectivity index (χ4v) is 3.38. The lowest BCUT2D eigenvalue weighted by atomic mass is 10.2. The van der Waals surface area contributed by atoms with Crippen LogP contribution in [0.5, 0.6) is 0 Å². The Morgan fingerprint density at radius 3 is 2.47 bits per heavy atom. The van der Waals surface area contributed by atoms with Gasteiger partial charge in [-0.1, -0.05) is 23.2 Å². The maximum atomic E-state index is 12.3. The molecule has 4 rings (SSSR count). The molecular formula is C23H21Cl2N7O2. The van der Waals surface area contributed by atoms with Crippen LogP contribution in [0.2, 0.25) is 10.0 Å². The van der Waals surface area contributed by atoms with Crippen LogP contribution in [-0.4, -0.2) is 43.3 Å². The van der Waals surface area contributed by atoms with Crippen LogP contribution >= 0.6 is 23.2 Å². The number of rotatable bonds is 7. The Hall–Kier alpha value is -3.66. The first-order valence-electron chi connectivity index (χ1n) is 10.3. The van der Waals surface area contributed by atoms with Crippen molar-refractivity contribution < 1.29 is 9.90 Å². The third-order valence-corrected chi connectivity index (χ3v) is 5.40. The van der Waals surface area contributed by atoms with E-state index in [2.05, 4.69) is 30.9 Å². The summed E-state index contributed by atoms with van der Waals surface area (Å²) in [4.78, 5) is 25.4. The first kappa shape index (κ1) is 23.5. The highest BCUT2D eigenvalue weighted by molar-refractivity contribution is 6.42. The van der Waals surface area contributed by atoms with Crippen LogP contribution in [0, 0.1) is 0 Å². The molecule has 11 heteroatoms. The standard InChI is InChI=1S/C23H21Cl2N7O2/c1-14(33)13-28-22-27-9-8-20(31-22)32-11-10-26-21(32)15-2-4-16(5-3-15)29-23(34)30-17-6-7-18(24)19(25)12-17/h2-12,14,33H,13H2,1H3,(H,27,28,31)(H2,29,30,34). The number of nitrogens with one attached hydrogen (secondary N) is 3. The van der Waals surface area contributed by atoms with Crippen LogP contribution in [0.4, 0.5) is 22.1 Å². The molecule has 0 saturated heterocycles. The van der Waals surface area contributed by atoms with E-state index in [-0.39, 0.29) is 0 Å². The maximum Gasteiger partial charge on any atom is 0.323 e. The van der Waals surface area contributed by atoms with Crippen LogP contribution in [0.25, 0.3) is 17.2 Å². The number of nitrogens with zero attached hydrogens (tertiary/aromatic N) is 4. The predicted molar refractivity (Wildman–Crippen MR) is 134 cm³/mol. The third-order valence-electron chi connectivity index (χ3n) is 4.66. The van der Waals surface area contributed by atoms with Crippen LogP contribution < -0.4 is 16.0 Å². The Balaban J connectivity index is 1.46. The number of benzene rings is 2. The molecule has 4 aromatic rings. The zero-order chi connectivity index (χ0) is 24.1. The first-order chi connectivity index (χ1) is 16.4. The fraction of sp³-hybridized carbons (Fsp3) is 0.130. The normalized spacial score (nSPS) is 11.6. The summed E-state index contributed by atoms with van der Waals surface area (Å²) in [6.45, 7) is 2.02. The molecule has 2 aromatic heterocycles. The van der Waals surface area contributed by atoms with Crippen LogP contribution in [0.1, 0.15) is 6.92 Å². The Morgan fingerprint density at radius 1 is 1.00 bits per heavy atom. The zero-order valence-electron chi connectivity index (χ0n) is 18.0. The smallest absolute Gasteiger partial charge is 0.323 e. The van der Waals surface area contributed by atoms with Gasteiger partial charge in [0, 0.05) is 42.1 Å². The maximum absolute atomic E-state index is 12.3. The molecule has 0 aliphatic heterocycles. The predicted octanol–water partition coefficient (Wildman–Crippen LogP) is 5.07. The molecule has 2 heterocycles. The van der Waals surface area contributed by atoms with E-state index in [4.69, 9.17) is 23.2 Å². The summed E-state index contributed by atoms with van der Waals surface area (Å²) in [5, 5.41) is 18.7. The number of anilines is 3. The topological polar surface area (TPSA) is 117 Å². The minimum Gasteiger partial charge on any atom is -0.392 e. The molecule has 4 N–H and O–H groups in total. The van der Waals surface area contributed by atoms with E-state index in [1.54, 1.807) is 61.9 Å². The van der Waals surface area contributed by atoms with Crippen LogP contribution in [0.3, 0.4) is 0 Å². The number of hydrogen-bond donors (Lipinski definition) is 4. The number of urea groups is 1. The van der Waals surface area contributed by atoms with Crippen LogP contribution in [-0.2, 0) is 0 Å². The quantitative estimate of drug-likeness (QED) is 0.283. The lowest BCUT2D eigenvalue weighted by molar-refractivity contribution is 0.208. The number of halogens is 2. The van der Waals surface area contributed by atoms with Crippen molar-refractivity contribution in [1.29, 1.82) is 0 Å². The fourth-order valence-electron chi connectivity index (χ4n) is 3.08. The summed E-state index contributed by atoms with van der Waals surface area (Å²) in [6.07, 6.45) is 4.59. The second kappa shape index (κ2) is 10.5. The molecule has 2 aromatic carbocycles. The summed E-state index contributed by atoms with van der Waals surface area (Å²) in [5.74, 6) is 1.70. The highest BCUT2D eigenvalue weighted by Crippen LogP contribution is 2.26. The number of aliphatic hydroxyl groups excluding tert-OH is 1. The Labute approximate surface area is 205 Å². The Morgan fingerprint density at radius 2 is 1.74 bits per heavy atom. The lowest BCUT2D eigenvalue weighted by Crippen LogP contribution is -2.19. The molecular weight excluding hydrogens is 477 g/mol. The third kappa shape index (κ3) is 5.82. The van der Waals surface area contributed by atoms with Gasteiger partial charge in [-0.3, -0.25) is 4.57 Å². The highest BCUT2D eigenvalue weighted by Gasteiger charge is 2.11. The van der Waals surface area contributed by atoms with Crippen molar-refractivity contribution in [3.8, 4) is 17.2 Å². The molecule has 34 heavy (non-hydrogen) atoms. The monoisotopic (exact) mass is 497 g/mol. The number of aromatic nitrogens is 4. The molecule has 0 spiro atoms. The van der Waals surface area contributed by atoms with Crippen molar-refractivity contribution in [2.75, 3.05) is 22.5 Å². The lowest BCUT2D eigenvalue weighted by Gasteiger charge is -2.11. The molecule has 0 aliphatic rings. The molecule has 0 bridgehead atoms. The summed E-state index contributed by atoms with van der Waals surface area (Å²) in [6, 6.07) is 13.5. The minimum absolute atomic E-state index is 0.341. The van der Waals surface area contributed by atoms with Gasteiger partial charge in [-0.2, -0.15) is 4.98 Å². The number of amides is 2. The van der Waals surface area contributed by atoms with Crippen molar-refractivity contribution in [2.24, 2.45) is 0 Å². The molecule has 0 aliphatic carbocycles. The average molecular weight is 498 g/mol. The van der Waals surface area contributed by atoms with E-state index in [0.29, 0.717) is 45.6 Å². The van der Waals surface area contributed by atoms with Gasteiger partial charge in [0.25, 0.3) is 0 Å². The molecule has 0 saturated carbocycles. The largest absolute Gasteiger partial charge is 0.392 e. The van der Waals surface area contributed by atoms with Gasteiger partial charge in [0.15, 0.2) is 0 Å². The van der Waals surface area contributed by atoms with Crippen molar-refractivity contribution in [3.63, 3.8) is 0 Å². The number of imidazole rings is 1. The van der Waals surface area contributed by atoms with Crippen LogP contribution in [0.15, 0.2) is 67.1 Å². The second-order valence-electron chi connectivity index (χ2n) is 7.37. The highest BCUT2D eigenvalue weighted by atomic mass is 35.5. The van der Waals surface area contributed by atoms with Gasteiger partial charge >= 0.3 is 6.03 Å². The summed E-state index contributed by atoms with van der Waals surface area (Å²) in [7, 11) is 0.